The maximum Gasteiger partial charge on any atom is 0.159 e. The Balaban J connectivity index is 2.28. The molecule has 2 aromatic rings. The third-order valence-electron chi connectivity index (χ3n) is 2.71. The molecule has 0 radical (unpaired) electrons. The van der Waals surface area contributed by atoms with Crippen LogP contribution in [0, 0.1) is 11.6 Å². The minimum atomic E-state index is -0.877. The average molecular weight is 253 g/mol. The molecule has 2 rings (SSSR count). The molecule has 0 aliphatic carbocycles. The van der Waals surface area contributed by atoms with E-state index in [9.17, 15) is 8.78 Å². The Morgan fingerprint density at radius 1 is 1.17 bits per heavy atom. The number of aromatic nitrogens is 3. The average Bonchev–Trinajstić information content (AvgIpc) is 2.75. The summed E-state index contributed by atoms with van der Waals surface area (Å²) in [5.74, 6) is -0.660. The molecule has 0 fully saturated rings. The second-order valence-corrected chi connectivity index (χ2v) is 3.86. The van der Waals surface area contributed by atoms with Crippen molar-refractivity contribution in [3.8, 4) is 0 Å². The van der Waals surface area contributed by atoms with Gasteiger partial charge >= 0.3 is 0 Å². The number of rotatable bonds is 4. The number of aliphatic hydroxyl groups excluding tert-OH is 1. The number of benzene rings is 1. The molecule has 0 saturated carbocycles. The molecule has 1 heterocycles. The fourth-order valence-electron chi connectivity index (χ4n) is 1.82. The molecule has 0 aliphatic heterocycles. The first-order valence-electron chi connectivity index (χ1n) is 5.61. The van der Waals surface area contributed by atoms with Gasteiger partial charge in [-0.25, -0.2) is 8.78 Å². The van der Waals surface area contributed by atoms with Crippen molar-refractivity contribution >= 4 is 0 Å². The molecule has 0 spiro atoms. The van der Waals surface area contributed by atoms with Gasteiger partial charge in [0.25, 0.3) is 0 Å². The van der Waals surface area contributed by atoms with Crippen LogP contribution >= 0.6 is 0 Å². The van der Waals surface area contributed by atoms with Crippen molar-refractivity contribution in [3.63, 3.8) is 0 Å². The lowest BCUT2D eigenvalue weighted by atomic mass is 10.1. The zero-order valence-electron chi connectivity index (χ0n) is 9.90. The van der Waals surface area contributed by atoms with Crippen LogP contribution in [0.3, 0.4) is 0 Å². The highest BCUT2D eigenvalue weighted by atomic mass is 19.2. The molecule has 1 aromatic carbocycles. The van der Waals surface area contributed by atoms with Crippen LogP contribution in [0.4, 0.5) is 8.78 Å². The standard InChI is InChI=1S/C12H13F2N3O/c1-2-17-11(15-16-12(17)7-18)6-8-3-4-9(13)10(14)5-8/h3-5,18H,2,6-7H2,1H3. The Morgan fingerprint density at radius 2 is 1.89 bits per heavy atom. The largest absolute Gasteiger partial charge is 0.388 e. The van der Waals surface area contributed by atoms with Gasteiger partial charge in [0.2, 0.25) is 0 Å². The zero-order valence-corrected chi connectivity index (χ0v) is 9.90. The topological polar surface area (TPSA) is 50.9 Å². The molecular weight excluding hydrogens is 240 g/mol. The van der Waals surface area contributed by atoms with E-state index >= 15 is 0 Å². The molecule has 1 N–H and O–H groups in total. The molecule has 4 nitrogen and oxygen atoms in total. The van der Waals surface area contributed by atoms with Crippen molar-refractivity contribution in [1.29, 1.82) is 0 Å². The van der Waals surface area contributed by atoms with E-state index in [-0.39, 0.29) is 6.61 Å². The van der Waals surface area contributed by atoms with Crippen LogP contribution in [0.15, 0.2) is 18.2 Å². The Hall–Kier alpha value is -1.82. The smallest absolute Gasteiger partial charge is 0.159 e. The van der Waals surface area contributed by atoms with Gasteiger partial charge in [-0.2, -0.15) is 0 Å². The summed E-state index contributed by atoms with van der Waals surface area (Å²) < 4.78 is 27.6. The normalized spacial score (nSPS) is 10.9. The Morgan fingerprint density at radius 3 is 2.50 bits per heavy atom. The highest BCUT2D eigenvalue weighted by molar-refractivity contribution is 5.21. The summed E-state index contributed by atoms with van der Waals surface area (Å²) in [4.78, 5) is 0. The van der Waals surface area contributed by atoms with Crippen molar-refractivity contribution in [1.82, 2.24) is 14.8 Å². The van der Waals surface area contributed by atoms with Gasteiger partial charge in [0.1, 0.15) is 12.4 Å². The predicted octanol–water partition coefficient (Wildman–Crippen LogP) is 1.66. The Labute approximate surface area is 103 Å². The summed E-state index contributed by atoms with van der Waals surface area (Å²) in [5, 5.41) is 16.9. The van der Waals surface area contributed by atoms with Gasteiger partial charge in [-0.15, -0.1) is 10.2 Å². The van der Waals surface area contributed by atoms with Crippen LogP contribution in [-0.2, 0) is 19.6 Å². The van der Waals surface area contributed by atoms with Gasteiger partial charge in [-0.3, -0.25) is 0 Å². The van der Waals surface area contributed by atoms with Gasteiger partial charge in [-0.1, -0.05) is 6.07 Å². The summed E-state index contributed by atoms with van der Waals surface area (Å²) >= 11 is 0. The van der Waals surface area contributed by atoms with Crippen LogP contribution in [0.2, 0.25) is 0 Å². The van der Waals surface area contributed by atoms with E-state index in [1.165, 1.54) is 6.07 Å². The first-order chi connectivity index (χ1) is 8.65. The molecule has 96 valence electrons. The maximum absolute atomic E-state index is 13.1. The Bertz CT molecular complexity index is 554. The van der Waals surface area contributed by atoms with E-state index in [4.69, 9.17) is 5.11 Å². The molecule has 0 atom stereocenters. The SMILES string of the molecule is CCn1c(CO)nnc1Cc1ccc(F)c(F)c1. The monoisotopic (exact) mass is 253 g/mol. The fraction of sp³-hybridized carbons (Fsp3) is 0.333. The molecule has 0 saturated heterocycles. The van der Waals surface area contributed by atoms with Crippen molar-refractivity contribution in [3.05, 3.63) is 47.0 Å². The van der Waals surface area contributed by atoms with E-state index in [0.717, 1.165) is 12.1 Å². The quantitative estimate of drug-likeness (QED) is 0.901. The second-order valence-electron chi connectivity index (χ2n) is 3.86. The van der Waals surface area contributed by atoms with Gasteiger partial charge in [0.15, 0.2) is 17.5 Å². The summed E-state index contributed by atoms with van der Waals surface area (Å²) in [6.07, 6.45) is 0.345. The first kappa shape index (κ1) is 12.6. The lowest BCUT2D eigenvalue weighted by Crippen LogP contribution is -2.07. The van der Waals surface area contributed by atoms with Gasteiger partial charge in [0.05, 0.1) is 0 Å². The zero-order chi connectivity index (χ0) is 13.1. The lowest BCUT2D eigenvalue weighted by molar-refractivity contribution is 0.264. The second kappa shape index (κ2) is 5.22. The Kier molecular flexibility index (Phi) is 3.66. The number of aliphatic hydroxyl groups is 1. The van der Waals surface area contributed by atoms with Gasteiger partial charge in [-0.05, 0) is 24.6 Å². The summed E-state index contributed by atoms with van der Waals surface area (Å²) in [5.41, 5.74) is 0.612. The minimum Gasteiger partial charge on any atom is -0.388 e. The number of halogens is 2. The molecule has 6 heteroatoms. The van der Waals surface area contributed by atoms with Crippen molar-refractivity contribution < 1.29 is 13.9 Å². The van der Waals surface area contributed by atoms with E-state index in [0.29, 0.717) is 30.2 Å². The molecule has 0 aliphatic rings. The molecule has 0 unspecified atom stereocenters. The summed E-state index contributed by atoms with van der Waals surface area (Å²) in [7, 11) is 0. The fourth-order valence-corrected chi connectivity index (χ4v) is 1.82. The number of hydrogen-bond donors (Lipinski definition) is 1. The molecule has 0 bridgehead atoms. The van der Waals surface area contributed by atoms with Gasteiger partial charge in [0, 0.05) is 13.0 Å². The maximum atomic E-state index is 13.1. The highest BCUT2D eigenvalue weighted by Crippen LogP contribution is 2.13. The van der Waals surface area contributed by atoms with Crippen LogP contribution in [0.5, 0.6) is 0 Å². The van der Waals surface area contributed by atoms with Crippen molar-refractivity contribution in [2.75, 3.05) is 0 Å². The molecule has 0 amide bonds. The van der Waals surface area contributed by atoms with E-state index in [2.05, 4.69) is 10.2 Å². The number of hydrogen-bond acceptors (Lipinski definition) is 3. The first-order valence-corrected chi connectivity index (χ1v) is 5.61. The van der Waals surface area contributed by atoms with Crippen LogP contribution in [0.1, 0.15) is 24.1 Å². The summed E-state index contributed by atoms with van der Waals surface area (Å²) in [6.45, 7) is 2.32. The lowest BCUT2D eigenvalue weighted by Gasteiger charge is -2.06. The molecule has 18 heavy (non-hydrogen) atoms. The van der Waals surface area contributed by atoms with Crippen LogP contribution in [0.25, 0.3) is 0 Å². The molecular formula is C12H13F2N3O. The van der Waals surface area contributed by atoms with Crippen LogP contribution in [-0.4, -0.2) is 19.9 Å². The highest BCUT2D eigenvalue weighted by Gasteiger charge is 2.11. The van der Waals surface area contributed by atoms with E-state index < -0.39 is 11.6 Å². The van der Waals surface area contributed by atoms with E-state index in [1.807, 2.05) is 6.92 Å². The molecule has 1 aromatic heterocycles. The minimum absolute atomic E-state index is 0.196. The number of nitrogens with zero attached hydrogens (tertiary/aromatic N) is 3. The third kappa shape index (κ3) is 2.38. The van der Waals surface area contributed by atoms with Crippen molar-refractivity contribution in [2.45, 2.75) is 26.5 Å². The van der Waals surface area contributed by atoms with E-state index in [1.54, 1.807) is 4.57 Å². The predicted molar refractivity (Wildman–Crippen MR) is 60.8 cm³/mol. The summed E-state index contributed by atoms with van der Waals surface area (Å²) in [6, 6.07) is 3.73. The van der Waals surface area contributed by atoms with Gasteiger partial charge < -0.3 is 9.67 Å². The van der Waals surface area contributed by atoms with Crippen molar-refractivity contribution in [2.24, 2.45) is 0 Å². The third-order valence-corrected chi connectivity index (χ3v) is 2.71. The van der Waals surface area contributed by atoms with Crippen LogP contribution < -0.4 is 0 Å².